The molecule has 1 heteroatoms. The van der Waals surface area contributed by atoms with Crippen molar-refractivity contribution in [2.75, 3.05) is 0 Å². The molecule has 24 heavy (non-hydrogen) atoms. The zero-order valence-electron chi connectivity index (χ0n) is 13.8. The molecule has 3 aromatic carbocycles. The maximum absolute atomic E-state index is 3.44. The highest BCUT2D eigenvalue weighted by molar-refractivity contribution is 6.16. The summed E-state index contributed by atoms with van der Waals surface area (Å²) in [5.41, 5.74) is 15.5. The summed E-state index contributed by atoms with van der Waals surface area (Å²) in [6, 6.07) is 15.9. The first-order chi connectivity index (χ1) is 11.7. The van der Waals surface area contributed by atoms with Crippen LogP contribution in [-0.4, -0.2) is 4.98 Å². The standard InChI is InChI=1S/C23H17N/c1-12-6-7-16-14(8-12)9-15-10-18-17-4-3-5-20-23(17)19(11-24-20)22(18)13(2)21(15)16/h3-8,10-11,24H,9H2,1-2H3. The smallest absolute Gasteiger partial charge is 0.0466 e. The van der Waals surface area contributed by atoms with Crippen LogP contribution in [-0.2, 0) is 6.42 Å². The maximum Gasteiger partial charge on any atom is 0.0466 e. The average Bonchev–Trinajstić information content (AvgIpc) is 3.23. The zero-order valence-corrected chi connectivity index (χ0v) is 13.8. The highest BCUT2D eigenvalue weighted by Crippen LogP contribution is 2.53. The number of aromatic nitrogens is 1. The van der Waals surface area contributed by atoms with E-state index in [0.29, 0.717) is 0 Å². The molecule has 114 valence electrons. The van der Waals surface area contributed by atoms with Gasteiger partial charge in [0.1, 0.15) is 0 Å². The van der Waals surface area contributed by atoms with Crippen molar-refractivity contribution in [2.24, 2.45) is 0 Å². The fourth-order valence-corrected chi connectivity index (χ4v) is 4.88. The third-order valence-electron chi connectivity index (χ3n) is 5.84. The van der Waals surface area contributed by atoms with Crippen LogP contribution in [0.5, 0.6) is 0 Å². The van der Waals surface area contributed by atoms with E-state index in [-0.39, 0.29) is 0 Å². The van der Waals surface area contributed by atoms with Gasteiger partial charge in [0.15, 0.2) is 0 Å². The molecule has 0 aliphatic heterocycles. The van der Waals surface area contributed by atoms with E-state index in [1.165, 1.54) is 66.5 Å². The molecule has 1 nitrogen and oxygen atoms in total. The van der Waals surface area contributed by atoms with E-state index >= 15 is 0 Å². The Morgan fingerprint density at radius 1 is 0.792 bits per heavy atom. The number of nitrogens with one attached hydrogen (secondary N) is 1. The number of rotatable bonds is 0. The van der Waals surface area contributed by atoms with E-state index in [1.807, 2.05) is 0 Å². The summed E-state index contributed by atoms with van der Waals surface area (Å²) in [4.78, 5) is 3.44. The summed E-state index contributed by atoms with van der Waals surface area (Å²) in [5.74, 6) is 0. The first-order valence-corrected chi connectivity index (χ1v) is 8.59. The number of hydrogen-bond acceptors (Lipinski definition) is 0. The van der Waals surface area contributed by atoms with Gasteiger partial charge in [0, 0.05) is 22.7 Å². The van der Waals surface area contributed by atoms with Crippen molar-refractivity contribution in [1.29, 1.82) is 0 Å². The molecule has 0 amide bonds. The molecule has 0 bridgehead atoms. The molecular weight excluding hydrogens is 290 g/mol. The van der Waals surface area contributed by atoms with Crippen LogP contribution in [0.4, 0.5) is 0 Å². The lowest BCUT2D eigenvalue weighted by molar-refractivity contribution is 1.25. The second kappa shape index (κ2) is 3.99. The van der Waals surface area contributed by atoms with Crippen molar-refractivity contribution in [3.63, 3.8) is 0 Å². The summed E-state index contributed by atoms with van der Waals surface area (Å²) in [5, 5.41) is 1.39. The molecular formula is C23H17N. The van der Waals surface area contributed by atoms with Crippen LogP contribution in [0.15, 0.2) is 48.7 Å². The van der Waals surface area contributed by atoms with Crippen LogP contribution in [0.2, 0.25) is 0 Å². The van der Waals surface area contributed by atoms with Gasteiger partial charge in [0.05, 0.1) is 0 Å². The van der Waals surface area contributed by atoms with Crippen molar-refractivity contribution >= 4 is 10.9 Å². The van der Waals surface area contributed by atoms with E-state index in [1.54, 1.807) is 0 Å². The summed E-state index contributed by atoms with van der Waals surface area (Å²) in [7, 11) is 0. The number of H-pyrrole nitrogens is 1. The van der Waals surface area contributed by atoms with Gasteiger partial charge in [-0.05, 0) is 76.9 Å². The second-order valence-electron chi connectivity index (χ2n) is 7.23. The normalized spacial score (nSPS) is 13.2. The lowest BCUT2D eigenvalue weighted by Crippen LogP contribution is -1.90. The van der Waals surface area contributed by atoms with Gasteiger partial charge in [0.25, 0.3) is 0 Å². The molecule has 0 fully saturated rings. The fourth-order valence-electron chi connectivity index (χ4n) is 4.88. The lowest BCUT2D eigenvalue weighted by atomic mass is 9.90. The van der Waals surface area contributed by atoms with Gasteiger partial charge in [-0.1, -0.05) is 35.9 Å². The van der Waals surface area contributed by atoms with Crippen LogP contribution in [0.3, 0.4) is 0 Å². The fraction of sp³-hybridized carbons (Fsp3) is 0.130. The topological polar surface area (TPSA) is 15.8 Å². The molecule has 6 rings (SSSR count). The molecule has 0 unspecified atom stereocenters. The third-order valence-corrected chi connectivity index (χ3v) is 5.84. The molecule has 0 radical (unpaired) electrons. The number of hydrogen-bond donors (Lipinski definition) is 1. The molecule has 1 N–H and O–H groups in total. The minimum Gasteiger partial charge on any atom is -0.361 e. The van der Waals surface area contributed by atoms with Crippen LogP contribution in [0.25, 0.3) is 44.3 Å². The largest absolute Gasteiger partial charge is 0.361 e. The van der Waals surface area contributed by atoms with E-state index in [0.717, 1.165) is 6.42 Å². The Bertz CT molecular complexity index is 1190. The number of fused-ring (bicyclic) bond motifs is 6. The first kappa shape index (κ1) is 12.6. The highest BCUT2D eigenvalue weighted by Gasteiger charge is 2.30. The average molecular weight is 307 g/mol. The molecule has 1 heterocycles. The van der Waals surface area contributed by atoms with Gasteiger partial charge in [0.2, 0.25) is 0 Å². The van der Waals surface area contributed by atoms with Crippen molar-refractivity contribution in [1.82, 2.24) is 4.98 Å². The van der Waals surface area contributed by atoms with Gasteiger partial charge in [-0.25, -0.2) is 0 Å². The molecule has 0 spiro atoms. The zero-order chi connectivity index (χ0) is 16.0. The van der Waals surface area contributed by atoms with Gasteiger partial charge in [-0.15, -0.1) is 0 Å². The molecule has 0 saturated carbocycles. The van der Waals surface area contributed by atoms with Crippen LogP contribution < -0.4 is 0 Å². The predicted molar refractivity (Wildman–Crippen MR) is 100 cm³/mol. The number of aromatic amines is 1. The van der Waals surface area contributed by atoms with Crippen molar-refractivity contribution < 1.29 is 0 Å². The molecule has 0 atom stereocenters. The predicted octanol–water partition coefficient (Wildman–Crippen LogP) is 6.00. The van der Waals surface area contributed by atoms with Crippen LogP contribution >= 0.6 is 0 Å². The van der Waals surface area contributed by atoms with Gasteiger partial charge < -0.3 is 4.98 Å². The molecule has 4 aromatic rings. The van der Waals surface area contributed by atoms with E-state index < -0.39 is 0 Å². The first-order valence-electron chi connectivity index (χ1n) is 8.59. The van der Waals surface area contributed by atoms with Gasteiger partial charge in [-0.2, -0.15) is 0 Å². The van der Waals surface area contributed by atoms with Crippen molar-refractivity contribution in [3.8, 4) is 33.4 Å². The molecule has 2 aliphatic rings. The Labute approximate surface area is 141 Å². The highest BCUT2D eigenvalue weighted by atomic mass is 14.7. The Hall–Kier alpha value is -2.80. The van der Waals surface area contributed by atoms with Crippen molar-refractivity contribution in [2.45, 2.75) is 20.3 Å². The van der Waals surface area contributed by atoms with E-state index in [9.17, 15) is 0 Å². The second-order valence-corrected chi connectivity index (χ2v) is 7.23. The van der Waals surface area contributed by atoms with Gasteiger partial charge in [-0.3, -0.25) is 0 Å². The monoisotopic (exact) mass is 307 g/mol. The minimum absolute atomic E-state index is 1.06. The van der Waals surface area contributed by atoms with Crippen LogP contribution in [0, 0.1) is 13.8 Å². The van der Waals surface area contributed by atoms with E-state index in [2.05, 4.69) is 67.5 Å². The van der Waals surface area contributed by atoms with Crippen LogP contribution in [0.1, 0.15) is 22.3 Å². The Kier molecular flexibility index (Phi) is 2.10. The molecule has 1 aromatic heterocycles. The lowest BCUT2D eigenvalue weighted by Gasteiger charge is -2.13. The molecule has 0 saturated heterocycles. The minimum atomic E-state index is 1.06. The van der Waals surface area contributed by atoms with Crippen molar-refractivity contribution in [3.05, 3.63) is 70.9 Å². The quantitative estimate of drug-likeness (QED) is 0.354. The summed E-state index contributed by atoms with van der Waals surface area (Å²) in [6.45, 7) is 4.49. The summed E-state index contributed by atoms with van der Waals surface area (Å²) < 4.78 is 0. The van der Waals surface area contributed by atoms with Gasteiger partial charge >= 0.3 is 0 Å². The number of aryl methyl sites for hydroxylation is 1. The molecule has 2 aliphatic carbocycles. The third kappa shape index (κ3) is 1.33. The Morgan fingerprint density at radius 2 is 1.71 bits per heavy atom. The van der Waals surface area contributed by atoms with E-state index in [4.69, 9.17) is 0 Å². The Morgan fingerprint density at radius 3 is 2.62 bits per heavy atom. The maximum atomic E-state index is 3.44. The summed E-state index contributed by atoms with van der Waals surface area (Å²) >= 11 is 0. The summed E-state index contributed by atoms with van der Waals surface area (Å²) in [6.07, 6.45) is 3.25. The number of benzene rings is 3. The SMILES string of the molecule is Cc1ccc2c(c1)Cc1cc3c(c(C)c1-2)-c1c[nH]c2cccc-3c12. The Balaban J connectivity index is 1.73.